The van der Waals surface area contributed by atoms with Crippen LogP contribution in [0.25, 0.3) is 0 Å². The van der Waals surface area contributed by atoms with Gasteiger partial charge in [-0.3, -0.25) is 9.59 Å². The Morgan fingerprint density at radius 2 is 1.84 bits per heavy atom. The van der Waals surface area contributed by atoms with Gasteiger partial charge in [0.1, 0.15) is 17.4 Å². The molecule has 0 unspecified atom stereocenters. The van der Waals surface area contributed by atoms with Crippen LogP contribution >= 0.6 is 0 Å². The van der Waals surface area contributed by atoms with Gasteiger partial charge in [-0.2, -0.15) is 0 Å². The largest absolute Gasteiger partial charge is 0.373 e. The molecule has 0 aromatic carbocycles. The highest BCUT2D eigenvalue weighted by atomic mass is 16.5. The Bertz CT molecular complexity index is 1010. The lowest BCUT2D eigenvalue weighted by Gasteiger charge is -2.32. The number of nitrogens with zero attached hydrogens (tertiary/aromatic N) is 5. The molecule has 1 aliphatic carbocycles. The van der Waals surface area contributed by atoms with E-state index in [1.807, 2.05) is 16.8 Å². The summed E-state index contributed by atoms with van der Waals surface area (Å²) in [4.78, 5) is 38.0. The average molecular weight is 425 g/mol. The van der Waals surface area contributed by atoms with Crippen LogP contribution in [0.15, 0.2) is 10.6 Å². The van der Waals surface area contributed by atoms with E-state index < -0.39 is 0 Å². The number of hydrogen-bond acceptors (Lipinski definition) is 7. The quantitative estimate of drug-likeness (QED) is 0.803. The van der Waals surface area contributed by atoms with Gasteiger partial charge in [0.2, 0.25) is 5.91 Å². The van der Waals surface area contributed by atoms with E-state index in [-0.39, 0.29) is 17.7 Å². The molecule has 0 radical (unpaired) electrons. The van der Waals surface area contributed by atoms with Crippen LogP contribution in [0.4, 0.5) is 5.82 Å². The van der Waals surface area contributed by atoms with Crippen LogP contribution in [-0.4, -0.2) is 63.4 Å². The van der Waals surface area contributed by atoms with Crippen LogP contribution in [0.2, 0.25) is 0 Å². The first-order chi connectivity index (χ1) is 15.0. The summed E-state index contributed by atoms with van der Waals surface area (Å²) in [5.41, 5.74) is 2.45. The maximum absolute atomic E-state index is 12.8. The minimum Gasteiger partial charge on any atom is -0.373 e. The van der Waals surface area contributed by atoms with E-state index in [4.69, 9.17) is 14.5 Å². The van der Waals surface area contributed by atoms with E-state index in [9.17, 15) is 9.59 Å². The highest BCUT2D eigenvalue weighted by Crippen LogP contribution is 2.40. The fraction of sp³-hybridized carbons (Fsp3) is 0.591. The summed E-state index contributed by atoms with van der Waals surface area (Å²) in [5.74, 6) is 3.14. The van der Waals surface area contributed by atoms with Crippen LogP contribution in [0.3, 0.4) is 0 Å². The number of nitrogens with one attached hydrogen (secondary N) is 1. The van der Waals surface area contributed by atoms with Crippen molar-refractivity contribution in [3.05, 3.63) is 34.6 Å². The summed E-state index contributed by atoms with van der Waals surface area (Å²) in [6.07, 6.45) is 4.61. The molecule has 2 fully saturated rings. The molecule has 31 heavy (non-hydrogen) atoms. The SMILES string of the molecule is CNc1nc(C2CCN(C(=O)c3cc(C4CC4)on3)CC2)nc2c1CCN(C(C)=O)C2. The van der Waals surface area contributed by atoms with Crippen molar-refractivity contribution in [1.82, 2.24) is 24.9 Å². The number of amides is 2. The fourth-order valence-corrected chi connectivity index (χ4v) is 4.56. The molecule has 3 aliphatic rings. The number of fused-ring (bicyclic) bond motifs is 1. The molecule has 164 valence electrons. The molecule has 2 aromatic heterocycles. The maximum Gasteiger partial charge on any atom is 0.276 e. The summed E-state index contributed by atoms with van der Waals surface area (Å²) in [6, 6.07) is 1.80. The zero-order chi connectivity index (χ0) is 21.5. The van der Waals surface area contributed by atoms with Crippen molar-refractivity contribution in [1.29, 1.82) is 0 Å². The first-order valence-corrected chi connectivity index (χ1v) is 11.1. The molecule has 2 aliphatic heterocycles. The van der Waals surface area contributed by atoms with Crippen molar-refractivity contribution in [2.75, 3.05) is 32.0 Å². The smallest absolute Gasteiger partial charge is 0.276 e. The first kappa shape index (κ1) is 20.0. The Labute approximate surface area is 181 Å². The van der Waals surface area contributed by atoms with E-state index in [1.54, 1.807) is 13.0 Å². The van der Waals surface area contributed by atoms with Gasteiger partial charge in [-0.15, -0.1) is 0 Å². The Kier molecular flexibility index (Phi) is 5.11. The van der Waals surface area contributed by atoms with Gasteiger partial charge in [-0.1, -0.05) is 5.16 Å². The van der Waals surface area contributed by atoms with Gasteiger partial charge in [0.05, 0.1) is 12.2 Å². The lowest BCUT2D eigenvalue weighted by atomic mass is 9.94. The normalized spacial score (nSPS) is 19.3. The van der Waals surface area contributed by atoms with E-state index in [0.717, 1.165) is 60.8 Å². The van der Waals surface area contributed by atoms with Crippen LogP contribution in [0, 0.1) is 0 Å². The molecule has 9 heteroatoms. The number of aromatic nitrogens is 3. The fourth-order valence-electron chi connectivity index (χ4n) is 4.56. The number of carbonyl (C=O) groups excluding carboxylic acids is 2. The van der Waals surface area contributed by atoms with Crippen molar-refractivity contribution >= 4 is 17.6 Å². The highest BCUT2D eigenvalue weighted by molar-refractivity contribution is 5.92. The Hall–Kier alpha value is -2.97. The number of rotatable bonds is 4. The topological polar surface area (TPSA) is 104 Å². The number of hydrogen-bond donors (Lipinski definition) is 1. The average Bonchev–Trinajstić information content (AvgIpc) is 3.54. The monoisotopic (exact) mass is 424 g/mol. The first-order valence-electron chi connectivity index (χ1n) is 11.1. The predicted molar refractivity (Wildman–Crippen MR) is 113 cm³/mol. The third-order valence-electron chi connectivity index (χ3n) is 6.64. The van der Waals surface area contributed by atoms with Gasteiger partial charge in [-0.05, 0) is 32.1 Å². The van der Waals surface area contributed by atoms with Crippen molar-refractivity contribution in [3.8, 4) is 0 Å². The molecule has 9 nitrogen and oxygen atoms in total. The van der Waals surface area contributed by atoms with Crippen LogP contribution in [0.1, 0.15) is 77.8 Å². The van der Waals surface area contributed by atoms with Gasteiger partial charge in [0.15, 0.2) is 5.69 Å². The lowest BCUT2D eigenvalue weighted by Crippen LogP contribution is -2.39. The predicted octanol–water partition coefficient (Wildman–Crippen LogP) is 2.31. The molecule has 0 atom stereocenters. The molecule has 1 saturated carbocycles. The molecule has 2 amide bonds. The minimum absolute atomic E-state index is 0.0616. The number of carbonyl (C=O) groups is 2. The summed E-state index contributed by atoms with van der Waals surface area (Å²) >= 11 is 0. The molecular formula is C22H28N6O3. The second-order valence-electron chi connectivity index (χ2n) is 8.75. The van der Waals surface area contributed by atoms with Crippen molar-refractivity contribution < 1.29 is 14.1 Å². The maximum atomic E-state index is 12.8. The Balaban J connectivity index is 1.28. The summed E-state index contributed by atoms with van der Waals surface area (Å²) in [6.45, 7) is 4.11. The van der Waals surface area contributed by atoms with Crippen LogP contribution in [-0.2, 0) is 17.8 Å². The Morgan fingerprint density at radius 1 is 1.06 bits per heavy atom. The van der Waals surface area contributed by atoms with Crippen molar-refractivity contribution in [2.24, 2.45) is 0 Å². The van der Waals surface area contributed by atoms with Gasteiger partial charge in [0, 0.05) is 57.1 Å². The Morgan fingerprint density at radius 3 is 2.52 bits per heavy atom. The van der Waals surface area contributed by atoms with E-state index in [2.05, 4.69) is 10.5 Å². The summed E-state index contributed by atoms with van der Waals surface area (Å²) in [7, 11) is 1.87. The molecule has 1 saturated heterocycles. The number of likely N-dealkylation sites (tertiary alicyclic amines) is 1. The third kappa shape index (κ3) is 3.88. The molecule has 0 spiro atoms. The number of piperidine rings is 1. The van der Waals surface area contributed by atoms with Crippen molar-refractivity contribution in [2.45, 2.75) is 57.4 Å². The highest BCUT2D eigenvalue weighted by Gasteiger charge is 2.32. The van der Waals surface area contributed by atoms with Crippen LogP contribution in [0.5, 0.6) is 0 Å². The standard InChI is InChI=1S/C22H28N6O3/c1-13(29)28-10-7-16-18(12-28)24-20(25-21(16)23-2)15-5-8-27(9-6-15)22(30)17-11-19(31-26-17)14-3-4-14/h11,14-15H,3-10,12H2,1-2H3,(H,23,24,25). The molecule has 5 rings (SSSR count). The number of anilines is 1. The summed E-state index contributed by atoms with van der Waals surface area (Å²) < 4.78 is 5.34. The van der Waals surface area contributed by atoms with Gasteiger partial charge >= 0.3 is 0 Å². The second kappa shape index (κ2) is 7.94. The van der Waals surface area contributed by atoms with E-state index in [1.165, 1.54) is 0 Å². The van der Waals surface area contributed by atoms with Crippen LogP contribution < -0.4 is 5.32 Å². The zero-order valence-corrected chi connectivity index (χ0v) is 18.1. The molecular weight excluding hydrogens is 396 g/mol. The van der Waals surface area contributed by atoms with Gasteiger partial charge in [-0.25, -0.2) is 9.97 Å². The molecule has 2 aromatic rings. The molecule has 4 heterocycles. The van der Waals surface area contributed by atoms with E-state index >= 15 is 0 Å². The lowest BCUT2D eigenvalue weighted by molar-refractivity contribution is -0.129. The van der Waals surface area contributed by atoms with Crippen molar-refractivity contribution in [3.63, 3.8) is 0 Å². The second-order valence-corrected chi connectivity index (χ2v) is 8.75. The minimum atomic E-state index is -0.0616. The zero-order valence-electron chi connectivity index (χ0n) is 18.1. The van der Waals surface area contributed by atoms with Gasteiger partial charge in [0.25, 0.3) is 5.91 Å². The third-order valence-corrected chi connectivity index (χ3v) is 6.64. The molecule has 0 bridgehead atoms. The summed E-state index contributed by atoms with van der Waals surface area (Å²) in [5, 5.41) is 7.20. The van der Waals surface area contributed by atoms with Gasteiger partial charge < -0.3 is 19.6 Å². The van der Waals surface area contributed by atoms with E-state index in [0.29, 0.717) is 37.8 Å². The molecule has 1 N–H and O–H groups in total.